The molecule has 5 unspecified atom stereocenters. The summed E-state index contributed by atoms with van der Waals surface area (Å²) in [5.41, 5.74) is 1.89. The van der Waals surface area contributed by atoms with Gasteiger partial charge in [0, 0.05) is 10.9 Å². The van der Waals surface area contributed by atoms with Crippen molar-refractivity contribution in [1.29, 1.82) is 0 Å². The monoisotopic (exact) mass is 388 g/mol. The quantitative estimate of drug-likeness (QED) is 0.676. The second-order valence-electron chi connectivity index (χ2n) is 9.80. The largest absolute Gasteiger partial charge is 0.351 e. The minimum atomic E-state index is -0.612. The van der Waals surface area contributed by atoms with Gasteiger partial charge in [0.2, 0.25) is 5.91 Å². The van der Waals surface area contributed by atoms with E-state index >= 15 is 0 Å². The van der Waals surface area contributed by atoms with Gasteiger partial charge >= 0.3 is 0 Å². The van der Waals surface area contributed by atoms with E-state index in [0.717, 1.165) is 16.7 Å². The number of hydrogen-bond acceptors (Lipinski definition) is 3. The van der Waals surface area contributed by atoms with Crippen LogP contribution in [-0.2, 0) is 4.79 Å². The highest BCUT2D eigenvalue weighted by atomic mass is 32.2. The Labute approximate surface area is 169 Å². The van der Waals surface area contributed by atoms with Gasteiger partial charge in [0.15, 0.2) is 0 Å². The van der Waals surface area contributed by atoms with Gasteiger partial charge in [0.25, 0.3) is 0 Å². The van der Waals surface area contributed by atoms with Gasteiger partial charge < -0.3 is 5.32 Å². The minimum Gasteiger partial charge on any atom is -0.351 e. The standard InChI is InChI=1S/C23H36N2OS/c1-14-7-15(2)11-20(10-14)27-25-23(5,6)22(26)24-21-17(4)12-18-8-16(3)9-19(21)13-18/h7,10-11,16-19,21,25H,8-9,12-13H2,1-6H3,(H,24,26). The van der Waals surface area contributed by atoms with Crippen molar-refractivity contribution < 1.29 is 4.79 Å². The summed E-state index contributed by atoms with van der Waals surface area (Å²) in [6.07, 6.45) is 5.19. The Morgan fingerprint density at radius 3 is 2.37 bits per heavy atom. The van der Waals surface area contributed by atoms with E-state index < -0.39 is 5.54 Å². The van der Waals surface area contributed by atoms with Crippen molar-refractivity contribution >= 4 is 17.9 Å². The summed E-state index contributed by atoms with van der Waals surface area (Å²) in [7, 11) is 0. The van der Waals surface area contributed by atoms with Gasteiger partial charge in [-0.15, -0.1) is 0 Å². The molecule has 0 radical (unpaired) electrons. The number of rotatable bonds is 5. The molecule has 1 aromatic carbocycles. The average Bonchev–Trinajstić information content (AvgIpc) is 2.55. The van der Waals surface area contributed by atoms with Gasteiger partial charge in [-0.25, -0.2) is 4.72 Å². The van der Waals surface area contributed by atoms with Crippen LogP contribution in [0.3, 0.4) is 0 Å². The Hall–Kier alpha value is -1.00. The molecule has 0 aliphatic heterocycles. The van der Waals surface area contributed by atoms with Crippen LogP contribution < -0.4 is 10.0 Å². The first-order chi connectivity index (χ1) is 12.6. The summed E-state index contributed by atoms with van der Waals surface area (Å²) in [5, 5.41) is 3.43. The summed E-state index contributed by atoms with van der Waals surface area (Å²) < 4.78 is 3.40. The number of hydrogen-bond donors (Lipinski definition) is 2. The number of carbonyl (C=O) groups excluding carboxylic acids is 1. The van der Waals surface area contributed by atoms with Crippen LogP contribution >= 0.6 is 11.9 Å². The number of aryl methyl sites for hydroxylation is 2. The van der Waals surface area contributed by atoms with Crippen molar-refractivity contribution in [3.05, 3.63) is 29.3 Å². The van der Waals surface area contributed by atoms with E-state index in [0.29, 0.717) is 17.9 Å². The number of fused-ring (bicyclic) bond motifs is 2. The number of carbonyl (C=O) groups is 1. The molecule has 150 valence electrons. The van der Waals surface area contributed by atoms with Gasteiger partial charge in [-0.05, 0) is 112 Å². The molecular formula is C23H36N2OS. The van der Waals surface area contributed by atoms with E-state index in [4.69, 9.17) is 0 Å². The minimum absolute atomic E-state index is 0.118. The third-order valence-electron chi connectivity index (χ3n) is 6.39. The summed E-state index contributed by atoms with van der Waals surface area (Å²) in [6, 6.07) is 6.81. The normalized spacial score (nSPS) is 30.8. The van der Waals surface area contributed by atoms with Crippen molar-refractivity contribution in [2.24, 2.45) is 23.7 Å². The van der Waals surface area contributed by atoms with E-state index in [1.165, 1.54) is 36.8 Å². The fourth-order valence-electron chi connectivity index (χ4n) is 5.24. The smallest absolute Gasteiger partial charge is 0.240 e. The van der Waals surface area contributed by atoms with Crippen molar-refractivity contribution in [3.63, 3.8) is 0 Å². The third-order valence-corrected chi connectivity index (χ3v) is 7.47. The Balaban J connectivity index is 1.61. The topological polar surface area (TPSA) is 41.1 Å². The molecule has 5 atom stereocenters. The molecule has 0 aromatic heterocycles. The molecule has 2 aliphatic carbocycles. The lowest BCUT2D eigenvalue weighted by Gasteiger charge is -2.47. The Bertz CT molecular complexity index is 663. The van der Waals surface area contributed by atoms with Crippen LogP contribution in [-0.4, -0.2) is 17.5 Å². The SMILES string of the molecule is Cc1cc(C)cc(SNC(C)(C)C(=O)NC2C(C)CC3CC(C)CC2C3)c1. The molecule has 2 N–H and O–H groups in total. The summed E-state index contributed by atoms with van der Waals surface area (Å²) in [4.78, 5) is 14.2. The molecule has 2 fully saturated rings. The first-order valence-electron chi connectivity index (χ1n) is 10.5. The van der Waals surface area contributed by atoms with Crippen molar-refractivity contribution in [2.75, 3.05) is 0 Å². The highest BCUT2D eigenvalue weighted by Gasteiger charge is 2.42. The average molecular weight is 389 g/mol. The van der Waals surface area contributed by atoms with Crippen LogP contribution in [0.1, 0.15) is 64.5 Å². The van der Waals surface area contributed by atoms with Crippen molar-refractivity contribution in [1.82, 2.24) is 10.0 Å². The van der Waals surface area contributed by atoms with Crippen molar-refractivity contribution in [3.8, 4) is 0 Å². The number of benzene rings is 1. The van der Waals surface area contributed by atoms with Gasteiger partial charge in [0.05, 0.1) is 0 Å². The fourth-order valence-corrected chi connectivity index (χ4v) is 6.20. The van der Waals surface area contributed by atoms with Gasteiger partial charge in [-0.2, -0.15) is 0 Å². The summed E-state index contributed by atoms with van der Waals surface area (Å²) in [5.74, 6) is 3.01. The zero-order valence-electron chi connectivity index (χ0n) is 17.8. The first kappa shape index (κ1) is 20.7. The maximum Gasteiger partial charge on any atom is 0.240 e. The van der Waals surface area contributed by atoms with Crippen LogP contribution in [0.25, 0.3) is 0 Å². The van der Waals surface area contributed by atoms with E-state index in [1.807, 2.05) is 13.8 Å². The molecule has 0 saturated heterocycles. The fraction of sp³-hybridized carbons (Fsp3) is 0.696. The number of nitrogens with one attached hydrogen (secondary N) is 2. The molecule has 1 amide bonds. The lowest BCUT2D eigenvalue weighted by atomic mass is 9.63. The molecule has 2 bridgehead atoms. The van der Waals surface area contributed by atoms with Crippen LogP contribution in [0.15, 0.2) is 23.1 Å². The summed E-state index contributed by atoms with van der Waals surface area (Å²) in [6.45, 7) is 12.9. The Kier molecular flexibility index (Phi) is 6.27. The molecule has 4 heteroatoms. The molecule has 2 aliphatic rings. The van der Waals surface area contributed by atoms with Crippen LogP contribution in [0.4, 0.5) is 0 Å². The molecule has 27 heavy (non-hydrogen) atoms. The molecule has 3 nitrogen and oxygen atoms in total. The van der Waals surface area contributed by atoms with E-state index in [-0.39, 0.29) is 5.91 Å². The Morgan fingerprint density at radius 1 is 1.04 bits per heavy atom. The molecule has 0 heterocycles. The van der Waals surface area contributed by atoms with Crippen LogP contribution in [0.5, 0.6) is 0 Å². The van der Waals surface area contributed by atoms with Crippen LogP contribution in [0, 0.1) is 37.5 Å². The van der Waals surface area contributed by atoms with Crippen molar-refractivity contribution in [2.45, 2.75) is 83.7 Å². The predicted molar refractivity (Wildman–Crippen MR) is 115 cm³/mol. The second-order valence-corrected chi connectivity index (χ2v) is 10.7. The molecule has 1 aromatic rings. The maximum absolute atomic E-state index is 13.1. The zero-order chi connectivity index (χ0) is 19.8. The lowest BCUT2D eigenvalue weighted by molar-refractivity contribution is -0.128. The first-order valence-corrected chi connectivity index (χ1v) is 11.3. The maximum atomic E-state index is 13.1. The Morgan fingerprint density at radius 2 is 1.70 bits per heavy atom. The van der Waals surface area contributed by atoms with Gasteiger partial charge in [-0.1, -0.05) is 19.9 Å². The van der Waals surface area contributed by atoms with Gasteiger partial charge in [0.1, 0.15) is 5.54 Å². The number of amides is 1. The zero-order valence-corrected chi connectivity index (χ0v) is 18.6. The van der Waals surface area contributed by atoms with E-state index in [2.05, 4.69) is 55.9 Å². The highest BCUT2D eigenvalue weighted by Crippen LogP contribution is 2.44. The highest BCUT2D eigenvalue weighted by molar-refractivity contribution is 7.97. The van der Waals surface area contributed by atoms with Crippen LogP contribution in [0.2, 0.25) is 0 Å². The van der Waals surface area contributed by atoms with Gasteiger partial charge in [-0.3, -0.25) is 4.79 Å². The summed E-state index contributed by atoms with van der Waals surface area (Å²) >= 11 is 1.55. The third kappa shape index (κ3) is 5.08. The van der Waals surface area contributed by atoms with E-state index in [1.54, 1.807) is 11.9 Å². The molecule has 3 rings (SSSR count). The predicted octanol–water partition coefficient (Wildman–Crippen LogP) is 5.26. The van der Waals surface area contributed by atoms with E-state index in [9.17, 15) is 4.79 Å². The lowest BCUT2D eigenvalue weighted by Crippen LogP contribution is -2.58. The second kappa shape index (κ2) is 8.16. The molecule has 2 saturated carbocycles. The molecular weight excluding hydrogens is 352 g/mol. The molecule has 0 spiro atoms.